The Hall–Kier alpha value is -4.39. The summed E-state index contributed by atoms with van der Waals surface area (Å²) in [6.07, 6.45) is 4.12. The van der Waals surface area contributed by atoms with E-state index >= 15 is 0 Å². The van der Waals surface area contributed by atoms with E-state index in [0.717, 1.165) is 15.8 Å². The van der Waals surface area contributed by atoms with Crippen LogP contribution in [0.3, 0.4) is 0 Å². The van der Waals surface area contributed by atoms with Gasteiger partial charge in [0.25, 0.3) is 5.56 Å². The maximum Gasteiger partial charge on any atom is 0.407 e. The summed E-state index contributed by atoms with van der Waals surface area (Å²) in [6.45, 7) is 17.4. The number of aromatic nitrogens is 2. The van der Waals surface area contributed by atoms with Crippen LogP contribution < -0.4 is 15.6 Å². The fourth-order valence-corrected chi connectivity index (χ4v) is 10.0. The molecule has 0 bridgehead atoms. The average molecular weight is 738 g/mol. The molecule has 2 aliphatic rings. The van der Waals surface area contributed by atoms with Gasteiger partial charge in [-0.05, 0) is 76.3 Å². The first kappa shape index (κ1) is 38.8. The van der Waals surface area contributed by atoms with Crippen LogP contribution in [-0.4, -0.2) is 63.0 Å². The lowest BCUT2D eigenvalue weighted by atomic mass is 9.85. The predicted molar refractivity (Wildman–Crippen MR) is 200 cm³/mol. The van der Waals surface area contributed by atoms with Crippen molar-refractivity contribution in [2.45, 2.75) is 116 Å². The van der Waals surface area contributed by atoms with Crippen molar-refractivity contribution in [1.82, 2.24) is 14.9 Å². The van der Waals surface area contributed by atoms with Crippen molar-refractivity contribution in [2.24, 2.45) is 5.92 Å². The molecule has 0 saturated carbocycles. The molecule has 0 unspecified atom stereocenters. The van der Waals surface area contributed by atoms with Crippen molar-refractivity contribution in [3.8, 4) is 17.1 Å². The third-order valence-corrected chi connectivity index (χ3v) is 15.2. The molecule has 0 radical (unpaired) electrons. The topological polar surface area (TPSA) is 152 Å². The van der Waals surface area contributed by atoms with Gasteiger partial charge in [0.05, 0.1) is 29.0 Å². The molecule has 0 saturated heterocycles. The molecule has 0 fully saturated rings. The second kappa shape index (κ2) is 13.9. The van der Waals surface area contributed by atoms with Crippen LogP contribution in [0.1, 0.15) is 98.3 Å². The number of fused-ring (bicyclic) bond motifs is 5. The van der Waals surface area contributed by atoms with Gasteiger partial charge in [0.2, 0.25) is 5.60 Å². The van der Waals surface area contributed by atoms with Gasteiger partial charge in [0.1, 0.15) is 18.0 Å². The maximum absolute atomic E-state index is 14.4. The highest BCUT2D eigenvalue weighted by Crippen LogP contribution is 2.66. The first-order valence-corrected chi connectivity index (χ1v) is 20.1. The summed E-state index contributed by atoms with van der Waals surface area (Å²) in [7, 11) is -1.64. The van der Waals surface area contributed by atoms with Crippen LogP contribution in [0.4, 0.5) is 4.79 Å². The first-order valence-electron chi connectivity index (χ1n) is 17.7. The lowest BCUT2D eigenvalue weighted by Crippen LogP contribution is -2.47. The van der Waals surface area contributed by atoms with Crippen LogP contribution in [0.5, 0.6) is 5.75 Å². The van der Waals surface area contributed by atoms with Crippen molar-refractivity contribution < 1.29 is 38.1 Å². The molecule has 1 N–H and O–H groups in total. The minimum absolute atomic E-state index is 0.0333. The Morgan fingerprint density at radius 3 is 2.38 bits per heavy atom. The Balaban J connectivity index is 1.60. The molecule has 12 nitrogen and oxygen atoms in total. The van der Waals surface area contributed by atoms with Crippen molar-refractivity contribution in [3.05, 3.63) is 51.3 Å². The largest absolute Gasteiger partial charge is 0.457 e. The summed E-state index contributed by atoms with van der Waals surface area (Å²) in [5.74, 6) is -1.13. The quantitative estimate of drug-likeness (QED) is 0.0804. The molecule has 2 aromatic heterocycles. The van der Waals surface area contributed by atoms with E-state index in [4.69, 9.17) is 23.9 Å². The highest BCUT2D eigenvalue weighted by Gasteiger charge is 2.51. The average Bonchev–Trinajstić information content (AvgIpc) is 3.40. The molecule has 0 spiro atoms. The van der Waals surface area contributed by atoms with E-state index in [-0.39, 0.29) is 54.8 Å². The molecular formula is C39H51N3O9S. The van der Waals surface area contributed by atoms with Crippen molar-refractivity contribution in [3.63, 3.8) is 0 Å². The number of benzene rings is 1. The fraction of sp³-hybridized carbons (Fsp3) is 0.538. The zero-order chi connectivity index (χ0) is 38.6. The highest BCUT2D eigenvalue weighted by atomic mass is 32.3. The van der Waals surface area contributed by atoms with E-state index in [1.165, 1.54) is 6.92 Å². The van der Waals surface area contributed by atoms with E-state index < -0.39 is 45.2 Å². The number of amides is 1. The smallest absolute Gasteiger partial charge is 0.407 e. The predicted octanol–water partition coefficient (Wildman–Crippen LogP) is 6.72. The minimum Gasteiger partial charge on any atom is -0.457 e. The molecule has 1 atom stereocenters. The molecular weight excluding hydrogens is 687 g/mol. The van der Waals surface area contributed by atoms with Gasteiger partial charge in [-0.15, -0.1) is 0 Å². The molecule has 4 heterocycles. The van der Waals surface area contributed by atoms with E-state index in [1.807, 2.05) is 12.1 Å². The van der Waals surface area contributed by atoms with Gasteiger partial charge < -0.3 is 28.8 Å². The van der Waals surface area contributed by atoms with Gasteiger partial charge in [0, 0.05) is 46.0 Å². The number of hydrogen-bond donors (Lipinski definition) is 1. The number of alkyl carbamates (subject to hydrolysis) is 1. The summed E-state index contributed by atoms with van der Waals surface area (Å²) in [6, 6.07) is 7.15. The summed E-state index contributed by atoms with van der Waals surface area (Å²) in [5, 5.41) is 3.47. The monoisotopic (exact) mass is 737 g/mol. The Labute approximate surface area is 306 Å². The van der Waals surface area contributed by atoms with Crippen LogP contribution in [0.15, 0.2) is 34.0 Å². The summed E-state index contributed by atoms with van der Waals surface area (Å²) >= 11 is 0. The highest BCUT2D eigenvalue weighted by molar-refractivity contribution is 8.33. The molecule has 5 rings (SSSR count). The molecule has 3 aromatic rings. The van der Waals surface area contributed by atoms with Crippen LogP contribution in [0.2, 0.25) is 0 Å². The Bertz CT molecular complexity index is 2030. The fourth-order valence-electron chi connectivity index (χ4n) is 6.83. The number of hydrogen-bond acceptors (Lipinski definition) is 10. The maximum atomic E-state index is 14.4. The number of rotatable bonds is 10. The number of nitrogens with one attached hydrogen (secondary N) is 1. The van der Waals surface area contributed by atoms with Gasteiger partial charge in [-0.1, -0.05) is 34.6 Å². The molecule has 52 heavy (non-hydrogen) atoms. The summed E-state index contributed by atoms with van der Waals surface area (Å²) in [4.78, 5) is 71.3. The van der Waals surface area contributed by atoms with E-state index in [0.29, 0.717) is 34.1 Å². The van der Waals surface area contributed by atoms with Crippen LogP contribution in [0, 0.1) is 5.92 Å². The number of cyclic esters (lactones) is 1. The van der Waals surface area contributed by atoms with Gasteiger partial charge in [0.15, 0.2) is 0 Å². The van der Waals surface area contributed by atoms with E-state index in [1.54, 1.807) is 44.4 Å². The third kappa shape index (κ3) is 6.91. The lowest BCUT2D eigenvalue weighted by Gasteiger charge is -2.51. The Kier molecular flexibility index (Phi) is 10.4. The number of carbonyl (C=O) groups is 4. The zero-order valence-corrected chi connectivity index (χ0v) is 32.9. The number of pyridine rings is 2. The normalized spacial score (nSPS) is 17.2. The van der Waals surface area contributed by atoms with Gasteiger partial charge in [-0.3, -0.25) is 14.4 Å². The minimum atomic E-state index is -1.84. The Morgan fingerprint density at radius 1 is 1.08 bits per heavy atom. The summed E-state index contributed by atoms with van der Waals surface area (Å²) in [5.41, 5.74) is 0.392. The van der Waals surface area contributed by atoms with E-state index in [9.17, 15) is 24.0 Å². The van der Waals surface area contributed by atoms with Crippen LogP contribution >= 0.6 is 10.0 Å². The third-order valence-electron chi connectivity index (χ3n) is 10.6. The van der Waals surface area contributed by atoms with Gasteiger partial charge in [-0.2, -0.15) is 0 Å². The number of carbonyl (C=O) groups excluding carboxylic acids is 4. The standard InChI is InChI=1S/C39H51N3O9S/c1-12-39(50-31(44)14-13-17-40-36(47)51-37(5,6)7)28-19-30-32-26(20-42(30)34(45)27(28)21-48-35(39)46)33(52(10,11)38(8,9)22(2)3)25-18-24(49-23(4)43)15-16-29(25)41-32/h15-16,18-19,22H,12-14,17,20-21H2,1-11H3,(H,40,47)/t39-/m0/s1. The molecule has 1 aromatic carbocycles. The number of esters is 3. The lowest BCUT2D eigenvalue weighted by molar-refractivity contribution is -0.189. The molecule has 0 aliphatic carbocycles. The zero-order valence-electron chi connectivity index (χ0n) is 32.1. The Morgan fingerprint density at radius 2 is 1.77 bits per heavy atom. The van der Waals surface area contributed by atoms with Gasteiger partial charge in [-0.25, -0.2) is 24.6 Å². The summed E-state index contributed by atoms with van der Waals surface area (Å²) < 4.78 is 23.7. The second-order valence-electron chi connectivity index (χ2n) is 15.7. The van der Waals surface area contributed by atoms with Crippen LogP contribution in [-0.2, 0) is 47.3 Å². The molecule has 282 valence electrons. The van der Waals surface area contributed by atoms with Crippen LogP contribution in [0.25, 0.3) is 22.3 Å². The van der Waals surface area contributed by atoms with E-state index in [2.05, 4.69) is 45.5 Å². The molecule has 13 heteroatoms. The number of nitrogens with zero attached hydrogens (tertiary/aromatic N) is 2. The van der Waals surface area contributed by atoms with Crippen molar-refractivity contribution in [1.29, 1.82) is 0 Å². The van der Waals surface area contributed by atoms with Crippen molar-refractivity contribution in [2.75, 3.05) is 19.1 Å². The second-order valence-corrected chi connectivity index (χ2v) is 19.8. The molecule has 1 amide bonds. The number of ether oxygens (including phenoxy) is 4. The first-order chi connectivity index (χ1) is 24.1. The van der Waals surface area contributed by atoms with Crippen molar-refractivity contribution >= 4 is 44.9 Å². The van der Waals surface area contributed by atoms with Gasteiger partial charge >= 0.3 is 24.0 Å². The molecule has 2 aliphatic heterocycles. The SMILES string of the molecule is CC[C@@]1(OC(=O)CCCNC(=O)OC(C)(C)C)C(=O)OCc2c1cc1n(c2=O)Cc2c-1nc1ccc(OC(C)=O)cc1c2S(C)(C)C(C)(C)C(C)C.